The molecule has 0 spiro atoms. The molecule has 0 aromatic heterocycles. The Bertz CT molecular complexity index is 118. The molecule has 0 amide bonds. The van der Waals surface area contributed by atoms with Gasteiger partial charge in [0.25, 0.3) is 0 Å². The smallest absolute Gasteiger partial charge is 0.107 e. The van der Waals surface area contributed by atoms with Crippen LogP contribution in [0.4, 0.5) is 0 Å². The molecule has 1 heterocycles. The fourth-order valence-corrected chi connectivity index (χ4v) is 1.54. The summed E-state index contributed by atoms with van der Waals surface area (Å²) in [6.45, 7) is 8.30. The van der Waals surface area contributed by atoms with Gasteiger partial charge in [-0.3, -0.25) is 0 Å². The first-order valence-corrected chi connectivity index (χ1v) is 4.37. The van der Waals surface area contributed by atoms with E-state index in [9.17, 15) is 5.11 Å². The topological polar surface area (TPSA) is 29.5 Å². The molecule has 2 heteroatoms. The summed E-state index contributed by atoms with van der Waals surface area (Å²) < 4.78 is 5.52. The van der Waals surface area contributed by atoms with Crippen molar-refractivity contribution in [2.45, 2.75) is 46.0 Å². The Hall–Kier alpha value is -0.0800. The van der Waals surface area contributed by atoms with Crippen LogP contribution in [0.5, 0.6) is 0 Å². The first-order valence-electron chi connectivity index (χ1n) is 4.37. The van der Waals surface area contributed by atoms with Crippen molar-refractivity contribution in [3.05, 3.63) is 0 Å². The summed E-state index contributed by atoms with van der Waals surface area (Å²) in [5.41, 5.74) is 0. The van der Waals surface area contributed by atoms with E-state index < -0.39 is 0 Å². The molecule has 0 saturated carbocycles. The second-order valence-corrected chi connectivity index (χ2v) is 4.04. The number of rotatable bonds is 2. The lowest BCUT2D eigenvalue weighted by Crippen LogP contribution is -2.58. The second-order valence-electron chi connectivity index (χ2n) is 4.04. The second kappa shape index (κ2) is 3.11. The number of hydrogen-bond acceptors (Lipinski definition) is 2. The predicted molar refractivity (Wildman–Crippen MR) is 44.3 cm³/mol. The summed E-state index contributed by atoms with van der Waals surface area (Å²) in [6, 6.07) is 0. The highest BCUT2D eigenvalue weighted by Crippen LogP contribution is 2.31. The molecule has 2 nitrogen and oxygen atoms in total. The van der Waals surface area contributed by atoms with Crippen LogP contribution in [-0.2, 0) is 4.74 Å². The van der Waals surface area contributed by atoms with Crippen LogP contribution in [0, 0.1) is 11.8 Å². The molecule has 0 bridgehead atoms. The summed E-state index contributed by atoms with van der Waals surface area (Å²) in [5, 5.41) is 9.58. The average Bonchev–Trinajstić information content (AvgIpc) is 1.82. The molecule has 66 valence electrons. The van der Waals surface area contributed by atoms with Crippen LogP contribution >= 0.6 is 0 Å². The Balaban J connectivity index is 2.38. The zero-order valence-electron chi connectivity index (χ0n) is 7.74. The van der Waals surface area contributed by atoms with Gasteiger partial charge in [0.05, 0.1) is 12.2 Å². The van der Waals surface area contributed by atoms with Gasteiger partial charge in [-0.1, -0.05) is 27.7 Å². The van der Waals surface area contributed by atoms with E-state index in [-0.39, 0.29) is 18.3 Å². The maximum absolute atomic E-state index is 9.58. The molecule has 1 N–H and O–H groups in total. The average molecular weight is 158 g/mol. The SMILES string of the molecule is CC(C)C1OC(C(C)C)C1O. The fourth-order valence-electron chi connectivity index (χ4n) is 1.54. The van der Waals surface area contributed by atoms with Gasteiger partial charge < -0.3 is 9.84 Å². The van der Waals surface area contributed by atoms with E-state index in [1.807, 2.05) is 0 Å². The van der Waals surface area contributed by atoms with Gasteiger partial charge in [-0.05, 0) is 11.8 Å². The van der Waals surface area contributed by atoms with Gasteiger partial charge in [0, 0.05) is 0 Å². The maximum Gasteiger partial charge on any atom is 0.107 e. The molecule has 0 aliphatic carbocycles. The van der Waals surface area contributed by atoms with Crippen molar-refractivity contribution < 1.29 is 9.84 Å². The highest BCUT2D eigenvalue weighted by atomic mass is 16.6. The largest absolute Gasteiger partial charge is 0.388 e. The van der Waals surface area contributed by atoms with Crippen molar-refractivity contribution in [3.63, 3.8) is 0 Å². The van der Waals surface area contributed by atoms with Crippen molar-refractivity contribution in [3.8, 4) is 0 Å². The lowest BCUT2D eigenvalue weighted by molar-refractivity contribution is -0.250. The zero-order valence-corrected chi connectivity index (χ0v) is 7.74. The number of ether oxygens (including phenoxy) is 1. The fraction of sp³-hybridized carbons (Fsp3) is 1.00. The van der Waals surface area contributed by atoms with Crippen molar-refractivity contribution >= 4 is 0 Å². The molecule has 2 unspecified atom stereocenters. The van der Waals surface area contributed by atoms with Crippen molar-refractivity contribution in [1.29, 1.82) is 0 Å². The third-order valence-electron chi connectivity index (χ3n) is 2.30. The highest BCUT2D eigenvalue weighted by Gasteiger charge is 2.43. The molecule has 1 rings (SSSR count). The molecule has 11 heavy (non-hydrogen) atoms. The molecular formula is C9H18O2. The van der Waals surface area contributed by atoms with Gasteiger partial charge in [-0.25, -0.2) is 0 Å². The van der Waals surface area contributed by atoms with E-state index in [0.29, 0.717) is 11.8 Å². The quantitative estimate of drug-likeness (QED) is 0.658. The van der Waals surface area contributed by atoms with Gasteiger partial charge >= 0.3 is 0 Å². The van der Waals surface area contributed by atoms with Crippen LogP contribution in [0.25, 0.3) is 0 Å². The van der Waals surface area contributed by atoms with Crippen molar-refractivity contribution in [2.75, 3.05) is 0 Å². The van der Waals surface area contributed by atoms with Crippen molar-refractivity contribution in [1.82, 2.24) is 0 Å². The predicted octanol–water partition coefficient (Wildman–Crippen LogP) is 1.43. The first kappa shape index (κ1) is 9.01. The van der Waals surface area contributed by atoms with E-state index in [1.54, 1.807) is 0 Å². The van der Waals surface area contributed by atoms with Crippen LogP contribution in [0.15, 0.2) is 0 Å². The van der Waals surface area contributed by atoms with Crippen LogP contribution in [0.3, 0.4) is 0 Å². The third kappa shape index (κ3) is 1.57. The van der Waals surface area contributed by atoms with Gasteiger partial charge in [-0.2, -0.15) is 0 Å². The van der Waals surface area contributed by atoms with E-state index in [2.05, 4.69) is 27.7 Å². The highest BCUT2D eigenvalue weighted by molar-refractivity contribution is 4.91. The molecule has 1 fully saturated rings. The minimum absolute atomic E-state index is 0.0717. The monoisotopic (exact) mass is 158 g/mol. The first-order chi connectivity index (χ1) is 5.04. The molecule has 0 radical (unpaired) electrons. The van der Waals surface area contributed by atoms with Crippen LogP contribution < -0.4 is 0 Å². The molecular weight excluding hydrogens is 140 g/mol. The minimum atomic E-state index is -0.241. The molecule has 1 aliphatic rings. The summed E-state index contributed by atoms with van der Waals surface area (Å²) in [6.07, 6.45) is -0.0974. The van der Waals surface area contributed by atoms with Crippen molar-refractivity contribution in [2.24, 2.45) is 11.8 Å². The van der Waals surface area contributed by atoms with E-state index in [1.165, 1.54) is 0 Å². The lowest BCUT2D eigenvalue weighted by Gasteiger charge is -2.45. The number of aliphatic hydroxyl groups excluding tert-OH is 1. The standard InChI is InChI=1S/C9H18O2/c1-5(2)8-7(10)9(11-8)6(3)4/h5-10H,1-4H3. The Morgan fingerprint density at radius 3 is 1.55 bits per heavy atom. The zero-order chi connectivity index (χ0) is 8.59. The molecule has 0 aromatic rings. The van der Waals surface area contributed by atoms with Crippen LogP contribution in [-0.4, -0.2) is 23.4 Å². The maximum atomic E-state index is 9.58. The van der Waals surface area contributed by atoms with Crippen LogP contribution in [0.2, 0.25) is 0 Å². The Morgan fingerprint density at radius 1 is 1.00 bits per heavy atom. The molecule has 1 aliphatic heterocycles. The Labute approximate surface area is 68.6 Å². The van der Waals surface area contributed by atoms with Crippen LogP contribution in [0.1, 0.15) is 27.7 Å². The Kier molecular flexibility index (Phi) is 2.55. The number of hydrogen-bond donors (Lipinski definition) is 1. The van der Waals surface area contributed by atoms with E-state index >= 15 is 0 Å². The van der Waals surface area contributed by atoms with E-state index in [0.717, 1.165) is 0 Å². The molecule has 0 aromatic carbocycles. The normalized spacial score (nSPS) is 37.9. The summed E-state index contributed by atoms with van der Waals surface area (Å²) in [4.78, 5) is 0. The lowest BCUT2D eigenvalue weighted by atomic mass is 9.86. The molecule has 1 saturated heterocycles. The van der Waals surface area contributed by atoms with Gasteiger partial charge in [-0.15, -0.1) is 0 Å². The molecule has 2 atom stereocenters. The third-order valence-corrected chi connectivity index (χ3v) is 2.30. The number of aliphatic hydroxyl groups is 1. The Morgan fingerprint density at radius 2 is 1.36 bits per heavy atom. The minimum Gasteiger partial charge on any atom is -0.388 e. The summed E-state index contributed by atoms with van der Waals surface area (Å²) in [7, 11) is 0. The summed E-state index contributed by atoms with van der Waals surface area (Å²) in [5.74, 6) is 0.861. The van der Waals surface area contributed by atoms with E-state index in [4.69, 9.17) is 4.74 Å². The van der Waals surface area contributed by atoms with Gasteiger partial charge in [0.2, 0.25) is 0 Å². The van der Waals surface area contributed by atoms with Gasteiger partial charge in [0.1, 0.15) is 6.10 Å². The van der Waals surface area contributed by atoms with Gasteiger partial charge in [0.15, 0.2) is 0 Å². The summed E-state index contributed by atoms with van der Waals surface area (Å²) >= 11 is 0.